The Kier molecular flexibility index (Phi) is 8.14. The fraction of sp³-hybridized carbons (Fsp3) is 1.00. The Morgan fingerprint density at radius 2 is 1.50 bits per heavy atom. The average Bonchev–Trinajstić information content (AvgIpc) is 2.22. The monoisotopic (exact) mass is 203 g/mol. The first-order valence-electron chi connectivity index (χ1n) is 5.41. The molecule has 0 aliphatic rings. The van der Waals surface area contributed by atoms with Crippen LogP contribution in [0, 0.1) is 5.92 Å². The van der Waals surface area contributed by atoms with Crippen molar-refractivity contribution in [2.45, 2.75) is 33.0 Å². The van der Waals surface area contributed by atoms with Gasteiger partial charge in [0.2, 0.25) is 0 Å². The molecule has 0 rings (SSSR count). The van der Waals surface area contributed by atoms with Crippen LogP contribution >= 0.6 is 0 Å². The number of rotatable bonds is 8. The Morgan fingerprint density at radius 3 is 1.86 bits per heavy atom. The second-order valence-corrected chi connectivity index (χ2v) is 3.80. The van der Waals surface area contributed by atoms with E-state index in [1.807, 2.05) is 0 Å². The molecule has 0 N–H and O–H groups in total. The van der Waals surface area contributed by atoms with E-state index >= 15 is 0 Å². The van der Waals surface area contributed by atoms with Crippen molar-refractivity contribution in [3.8, 4) is 0 Å². The Bertz CT molecular complexity index is 108. The zero-order valence-corrected chi connectivity index (χ0v) is 10.2. The number of likely N-dealkylation sites (N-methyl/N-ethyl adjacent to an activating group) is 1. The standard InChI is InChI=1S/C11H25NO2/c1-6-10(7-2)8-12(3)9-11(13-4)14-5/h10-11H,6-9H2,1-5H3. The molecule has 0 radical (unpaired) electrons. The van der Waals surface area contributed by atoms with Gasteiger partial charge in [-0.3, -0.25) is 0 Å². The third-order valence-electron chi connectivity index (χ3n) is 2.71. The van der Waals surface area contributed by atoms with Crippen LogP contribution in [0.5, 0.6) is 0 Å². The minimum absolute atomic E-state index is 0.102. The average molecular weight is 203 g/mol. The van der Waals surface area contributed by atoms with Gasteiger partial charge in [0.15, 0.2) is 6.29 Å². The van der Waals surface area contributed by atoms with Crippen molar-refractivity contribution in [3.05, 3.63) is 0 Å². The summed E-state index contributed by atoms with van der Waals surface area (Å²) in [6.45, 7) is 6.44. The van der Waals surface area contributed by atoms with Crippen molar-refractivity contribution >= 4 is 0 Å². The normalized spacial score (nSPS) is 12.0. The fourth-order valence-corrected chi connectivity index (χ4v) is 1.56. The van der Waals surface area contributed by atoms with Crippen molar-refractivity contribution in [2.75, 3.05) is 34.4 Å². The molecule has 0 unspecified atom stereocenters. The van der Waals surface area contributed by atoms with E-state index in [0.29, 0.717) is 0 Å². The second kappa shape index (κ2) is 8.21. The summed E-state index contributed by atoms with van der Waals surface area (Å²) in [5, 5.41) is 0. The lowest BCUT2D eigenvalue weighted by molar-refractivity contribution is -0.114. The summed E-state index contributed by atoms with van der Waals surface area (Å²) in [5.74, 6) is 0.786. The third-order valence-corrected chi connectivity index (χ3v) is 2.71. The number of hydrogen-bond donors (Lipinski definition) is 0. The molecule has 3 nitrogen and oxygen atoms in total. The Balaban J connectivity index is 3.77. The Hall–Kier alpha value is -0.120. The molecule has 0 saturated carbocycles. The molecule has 0 aliphatic carbocycles. The molecule has 0 atom stereocenters. The molecular weight excluding hydrogens is 178 g/mol. The van der Waals surface area contributed by atoms with Gasteiger partial charge in [-0.05, 0) is 13.0 Å². The van der Waals surface area contributed by atoms with Crippen LogP contribution in [0.25, 0.3) is 0 Å². The van der Waals surface area contributed by atoms with Crippen LogP contribution < -0.4 is 0 Å². The van der Waals surface area contributed by atoms with Gasteiger partial charge in [0.05, 0.1) is 0 Å². The zero-order chi connectivity index (χ0) is 11.0. The minimum atomic E-state index is -0.102. The van der Waals surface area contributed by atoms with Crippen LogP contribution in [0.2, 0.25) is 0 Å². The molecule has 3 heteroatoms. The molecule has 0 aromatic heterocycles. The highest BCUT2D eigenvalue weighted by atomic mass is 16.7. The van der Waals surface area contributed by atoms with E-state index in [0.717, 1.165) is 19.0 Å². The zero-order valence-electron chi connectivity index (χ0n) is 10.2. The van der Waals surface area contributed by atoms with Crippen molar-refractivity contribution in [3.63, 3.8) is 0 Å². The summed E-state index contributed by atoms with van der Waals surface area (Å²) >= 11 is 0. The quantitative estimate of drug-likeness (QED) is 0.563. The predicted octanol–water partition coefficient (Wildman–Crippen LogP) is 1.97. The lowest BCUT2D eigenvalue weighted by Crippen LogP contribution is -2.34. The van der Waals surface area contributed by atoms with E-state index in [1.54, 1.807) is 14.2 Å². The SMILES string of the molecule is CCC(CC)CN(C)CC(OC)OC. The summed E-state index contributed by atoms with van der Waals surface area (Å²) in [4.78, 5) is 2.27. The van der Waals surface area contributed by atoms with Gasteiger partial charge in [-0.25, -0.2) is 0 Å². The Labute approximate surface area is 88.4 Å². The van der Waals surface area contributed by atoms with Crippen LogP contribution in [-0.4, -0.2) is 45.5 Å². The summed E-state index contributed by atoms with van der Waals surface area (Å²) < 4.78 is 10.3. The number of nitrogens with zero attached hydrogens (tertiary/aromatic N) is 1. The highest BCUT2D eigenvalue weighted by molar-refractivity contribution is 4.61. The molecule has 0 aromatic rings. The molecule has 0 aromatic carbocycles. The number of hydrogen-bond acceptors (Lipinski definition) is 3. The van der Waals surface area contributed by atoms with E-state index in [1.165, 1.54) is 12.8 Å². The fourth-order valence-electron chi connectivity index (χ4n) is 1.56. The van der Waals surface area contributed by atoms with Gasteiger partial charge < -0.3 is 14.4 Å². The summed E-state index contributed by atoms with van der Waals surface area (Å²) in [5.41, 5.74) is 0. The molecule has 0 fully saturated rings. The first-order chi connectivity index (χ1) is 6.67. The lowest BCUT2D eigenvalue weighted by Gasteiger charge is -2.25. The predicted molar refractivity (Wildman–Crippen MR) is 59.4 cm³/mol. The Morgan fingerprint density at radius 1 is 1.00 bits per heavy atom. The maximum absolute atomic E-state index is 5.16. The molecule has 14 heavy (non-hydrogen) atoms. The number of methoxy groups -OCH3 is 2. The second-order valence-electron chi connectivity index (χ2n) is 3.80. The van der Waals surface area contributed by atoms with E-state index < -0.39 is 0 Å². The number of ether oxygens (including phenoxy) is 2. The van der Waals surface area contributed by atoms with Crippen molar-refractivity contribution in [2.24, 2.45) is 5.92 Å². The van der Waals surface area contributed by atoms with Gasteiger partial charge in [-0.1, -0.05) is 26.7 Å². The van der Waals surface area contributed by atoms with Gasteiger partial charge in [-0.15, -0.1) is 0 Å². The van der Waals surface area contributed by atoms with Gasteiger partial charge in [0, 0.05) is 27.3 Å². The van der Waals surface area contributed by atoms with Crippen molar-refractivity contribution in [1.29, 1.82) is 0 Å². The van der Waals surface area contributed by atoms with Crippen LogP contribution in [0.4, 0.5) is 0 Å². The topological polar surface area (TPSA) is 21.7 Å². The molecule has 0 aliphatic heterocycles. The van der Waals surface area contributed by atoms with Crippen LogP contribution in [0.1, 0.15) is 26.7 Å². The first-order valence-corrected chi connectivity index (χ1v) is 5.41. The smallest absolute Gasteiger partial charge is 0.169 e. The largest absolute Gasteiger partial charge is 0.355 e. The van der Waals surface area contributed by atoms with E-state index in [-0.39, 0.29) is 6.29 Å². The van der Waals surface area contributed by atoms with E-state index in [2.05, 4.69) is 25.8 Å². The van der Waals surface area contributed by atoms with Gasteiger partial charge in [-0.2, -0.15) is 0 Å². The lowest BCUT2D eigenvalue weighted by atomic mass is 10.0. The van der Waals surface area contributed by atoms with Gasteiger partial charge in [0.25, 0.3) is 0 Å². The molecule has 0 heterocycles. The highest BCUT2D eigenvalue weighted by Crippen LogP contribution is 2.09. The molecule has 86 valence electrons. The maximum Gasteiger partial charge on any atom is 0.169 e. The van der Waals surface area contributed by atoms with Crippen molar-refractivity contribution < 1.29 is 9.47 Å². The molecular formula is C11H25NO2. The molecule has 0 amide bonds. The van der Waals surface area contributed by atoms with E-state index in [9.17, 15) is 0 Å². The van der Waals surface area contributed by atoms with E-state index in [4.69, 9.17) is 9.47 Å². The molecule has 0 bridgehead atoms. The summed E-state index contributed by atoms with van der Waals surface area (Å²) in [6, 6.07) is 0. The van der Waals surface area contributed by atoms with Crippen LogP contribution in [0.3, 0.4) is 0 Å². The maximum atomic E-state index is 5.16. The molecule has 0 spiro atoms. The summed E-state index contributed by atoms with van der Waals surface area (Å²) in [6.07, 6.45) is 2.38. The highest BCUT2D eigenvalue weighted by Gasteiger charge is 2.12. The van der Waals surface area contributed by atoms with Crippen molar-refractivity contribution in [1.82, 2.24) is 4.90 Å². The van der Waals surface area contributed by atoms with Gasteiger partial charge in [0.1, 0.15) is 0 Å². The first kappa shape index (κ1) is 13.9. The van der Waals surface area contributed by atoms with Crippen LogP contribution in [-0.2, 0) is 9.47 Å². The third kappa shape index (κ3) is 5.58. The summed E-state index contributed by atoms with van der Waals surface area (Å²) in [7, 11) is 5.47. The van der Waals surface area contributed by atoms with Crippen LogP contribution in [0.15, 0.2) is 0 Å². The molecule has 0 saturated heterocycles. The van der Waals surface area contributed by atoms with Gasteiger partial charge >= 0.3 is 0 Å². The minimum Gasteiger partial charge on any atom is -0.355 e.